The van der Waals surface area contributed by atoms with Gasteiger partial charge in [-0.3, -0.25) is 4.99 Å². The van der Waals surface area contributed by atoms with Crippen molar-refractivity contribution in [2.45, 2.75) is 51.2 Å². The fraction of sp³-hybridized carbons (Fsp3) is 0.500. The van der Waals surface area contributed by atoms with E-state index in [4.69, 9.17) is 9.15 Å². The van der Waals surface area contributed by atoms with Gasteiger partial charge in [-0.15, -0.1) is 24.0 Å². The standard InChI is InChI=1S/C20H28N4O2.HI/c1-21-20(22-12-11-17-8-5-13-25-17)24-15-16-9-10-19(23-14-16)26-18-6-3-2-4-7-18;/h5,8-10,13-14,18H,2-4,6-7,11-12,15H2,1H3,(H2,21,22,24);1H. The van der Waals surface area contributed by atoms with Crippen molar-refractivity contribution in [1.29, 1.82) is 0 Å². The van der Waals surface area contributed by atoms with Gasteiger partial charge in [0.25, 0.3) is 0 Å². The highest BCUT2D eigenvalue weighted by Crippen LogP contribution is 2.22. The van der Waals surface area contributed by atoms with Gasteiger partial charge in [-0.25, -0.2) is 4.98 Å². The smallest absolute Gasteiger partial charge is 0.213 e. The van der Waals surface area contributed by atoms with Gasteiger partial charge in [-0.05, 0) is 43.4 Å². The number of furan rings is 1. The molecule has 7 heteroatoms. The fourth-order valence-electron chi connectivity index (χ4n) is 3.10. The molecule has 1 aliphatic rings. The van der Waals surface area contributed by atoms with Crippen LogP contribution in [0.2, 0.25) is 0 Å². The van der Waals surface area contributed by atoms with Crippen LogP contribution < -0.4 is 15.4 Å². The van der Waals surface area contributed by atoms with Crippen LogP contribution in [0.15, 0.2) is 46.1 Å². The van der Waals surface area contributed by atoms with Gasteiger partial charge in [0.2, 0.25) is 5.88 Å². The number of halogens is 1. The highest BCUT2D eigenvalue weighted by atomic mass is 127. The summed E-state index contributed by atoms with van der Waals surface area (Å²) in [7, 11) is 1.77. The minimum Gasteiger partial charge on any atom is -0.474 e. The molecule has 6 nitrogen and oxygen atoms in total. The molecule has 27 heavy (non-hydrogen) atoms. The van der Waals surface area contributed by atoms with Crippen LogP contribution >= 0.6 is 24.0 Å². The molecule has 2 aromatic heterocycles. The summed E-state index contributed by atoms with van der Waals surface area (Å²) in [5.41, 5.74) is 1.09. The van der Waals surface area contributed by atoms with Gasteiger partial charge in [0.15, 0.2) is 5.96 Å². The van der Waals surface area contributed by atoms with E-state index in [0.29, 0.717) is 12.6 Å². The van der Waals surface area contributed by atoms with Crippen molar-refractivity contribution in [2.24, 2.45) is 4.99 Å². The number of nitrogens with zero attached hydrogens (tertiary/aromatic N) is 2. The Morgan fingerprint density at radius 2 is 2.07 bits per heavy atom. The Bertz CT molecular complexity index is 668. The first-order chi connectivity index (χ1) is 12.8. The quantitative estimate of drug-likeness (QED) is 0.354. The Morgan fingerprint density at radius 1 is 1.22 bits per heavy atom. The van der Waals surface area contributed by atoms with Crippen molar-refractivity contribution in [1.82, 2.24) is 15.6 Å². The first-order valence-electron chi connectivity index (χ1n) is 9.42. The van der Waals surface area contributed by atoms with Crippen LogP contribution in [0.3, 0.4) is 0 Å². The van der Waals surface area contributed by atoms with E-state index >= 15 is 0 Å². The molecule has 1 aliphatic carbocycles. The molecule has 0 spiro atoms. The van der Waals surface area contributed by atoms with E-state index in [1.54, 1.807) is 13.3 Å². The first kappa shape index (κ1) is 21.5. The molecule has 0 radical (unpaired) electrons. The van der Waals surface area contributed by atoms with Gasteiger partial charge in [-0.2, -0.15) is 0 Å². The lowest BCUT2D eigenvalue weighted by atomic mass is 9.98. The van der Waals surface area contributed by atoms with Crippen LogP contribution in [0.4, 0.5) is 0 Å². The Balaban J connectivity index is 0.00000261. The average Bonchev–Trinajstić information content (AvgIpc) is 3.20. The number of aromatic nitrogens is 1. The summed E-state index contributed by atoms with van der Waals surface area (Å²) in [6.45, 7) is 1.43. The van der Waals surface area contributed by atoms with Gasteiger partial charge in [0.05, 0.1) is 6.26 Å². The van der Waals surface area contributed by atoms with E-state index in [1.165, 1.54) is 19.3 Å². The van der Waals surface area contributed by atoms with Gasteiger partial charge in [-0.1, -0.05) is 12.5 Å². The van der Waals surface area contributed by atoms with Crippen molar-refractivity contribution < 1.29 is 9.15 Å². The molecule has 0 saturated heterocycles. The van der Waals surface area contributed by atoms with Crippen LogP contribution in [0.25, 0.3) is 0 Å². The monoisotopic (exact) mass is 484 g/mol. The van der Waals surface area contributed by atoms with Crippen molar-refractivity contribution in [2.75, 3.05) is 13.6 Å². The molecule has 0 unspecified atom stereocenters. The Hall–Kier alpha value is -1.77. The van der Waals surface area contributed by atoms with Crippen LogP contribution in [0, 0.1) is 0 Å². The highest BCUT2D eigenvalue weighted by molar-refractivity contribution is 14.0. The zero-order valence-electron chi connectivity index (χ0n) is 15.8. The normalized spacial score (nSPS) is 15.1. The summed E-state index contributed by atoms with van der Waals surface area (Å²) in [5, 5.41) is 6.57. The number of hydrogen-bond donors (Lipinski definition) is 2. The molecule has 2 N–H and O–H groups in total. The summed E-state index contributed by atoms with van der Waals surface area (Å²) in [6, 6.07) is 7.88. The lowest BCUT2D eigenvalue weighted by molar-refractivity contribution is 0.148. The first-order valence-corrected chi connectivity index (χ1v) is 9.42. The highest BCUT2D eigenvalue weighted by Gasteiger charge is 2.15. The molecule has 148 valence electrons. The maximum atomic E-state index is 5.97. The molecule has 1 fully saturated rings. The SMILES string of the molecule is CN=C(NCCc1ccco1)NCc1ccc(OC2CCCCC2)nc1.I. The average molecular weight is 484 g/mol. The predicted molar refractivity (Wildman–Crippen MR) is 118 cm³/mol. The van der Waals surface area contributed by atoms with Gasteiger partial charge in [0, 0.05) is 38.8 Å². The third-order valence-electron chi connectivity index (χ3n) is 4.56. The number of guanidine groups is 1. The van der Waals surface area contributed by atoms with Crippen molar-refractivity contribution in [3.63, 3.8) is 0 Å². The third-order valence-corrected chi connectivity index (χ3v) is 4.56. The number of ether oxygens (including phenoxy) is 1. The molecule has 0 aromatic carbocycles. The molecule has 2 heterocycles. The molecule has 0 atom stereocenters. The van der Waals surface area contributed by atoms with Crippen molar-refractivity contribution in [3.8, 4) is 5.88 Å². The fourth-order valence-corrected chi connectivity index (χ4v) is 3.10. The third kappa shape index (κ3) is 7.40. The minimum atomic E-state index is 0. The second kappa shape index (κ2) is 11.8. The van der Waals surface area contributed by atoms with Crippen LogP contribution in [0.1, 0.15) is 43.4 Å². The van der Waals surface area contributed by atoms with E-state index in [9.17, 15) is 0 Å². The number of aliphatic imine (C=N–C) groups is 1. The van der Waals surface area contributed by atoms with E-state index in [0.717, 1.165) is 49.0 Å². The van der Waals surface area contributed by atoms with Crippen LogP contribution in [-0.2, 0) is 13.0 Å². The molecule has 0 bridgehead atoms. The summed E-state index contributed by atoms with van der Waals surface area (Å²) in [5.74, 6) is 2.45. The molecular weight excluding hydrogens is 455 g/mol. The molecule has 0 amide bonds. The number of rotatable bonds is 7. The van der Waals surface area contributed by atoms with Gasteiger partial charge < -0.3 is 19.8 Å². The van der Waals surface area contributed by atoms with Crippen molar-refractivity contribution in [3.05, 3.63) is 48.0 Å². The minimum absolute atomic E-state index is 0. The molecule has 3 rings (SSSR count). The van der Waals surface area contributed by atoms with E-state index in [-0.39, 0.29) is 24.0 Å². The number of pyridine rings is 1. The molecule has 2 aromatic rings. The zero-order chi connectivity index (χ0) is 18.0. The second-order valence-electron chi connectivity index (χ2n) is 6.56. The maximum absolute atomic E-state index is 5.97. The largest absolute Gasteiger partial charge is 0.474 e. The molecule has 0 aliphatic heterocycles. The summed E-state index contributed by atoms with van der Waals surface area (Å²) in [4.78, 5) is 8.67. The van der Waals surface area contributed by atoms with Crippen LogP contribution in [-0.4, -0.2) is 30.6 Å². The van der Waals surface area contributed by atoms with E-state index in [2.05, 4.69) is 20.6 Å². The van der Waals surface area contributed by atoms with E-state index < -0.39 is 0 Å². The van der Waals surface area contributed by atoms with Crippen molar-refractivity contribution >= 4 is 29.9 Å². The van der Waals surface area contributed by atoms with E-state index in [1.807, 2.05) is 30.5 Å². The topological polar surface area (TPSA) is 71.7 Å². The van der Waals surface area contributed by atoms with Crippen LogP contribution in [0.5, 0.6) is 5.88 Å². The summed E-state index contributed by atoms with van der Waals surface area (Å²) < 4.78 is 11.3. The maximum Gasteiger partial charge on any atom is 0.213 e. The number of hydrogen-bond acceptors (Lipinski definition) is 4. The lowest BCUT2D eigenvalue weighted by Gasteiger charge is -2.22. The lowest BCUT2D eigenvalue weighted by Crippen LogP contribution is -2.37. The second-order valence-corrected chi connectivity index (χ2v) is 6.56. The Labute approximate surface area is 178 Å². The molecular formula is C20H29IN4O2. The van der Waals surface area contributed by atoms with Gasteiger partial charge >= 0.3 is 0 Å². The Kier molecular flexibility index (Phi) is 9.44. The van der Waals surface area contributed by atoms with Gasteiger partial charge in [0.1, 0.15) is 11.9 Å². The predicted octanol–water partition coefficient (Wildman–Crippen LogP) is 3.91. The molecule has 1 saturated carbocycles. The Morgan fingerprint density at radius 3 is 2.74 bits per heavy atom. The zero-order valence-corrected chi connectivity index (χ0v) is 18.1. The number of nitrogens with one attached hydrogen (secondary N) is 2. The summed E-state index contributed by atoms with van der Waals surface area (Å²) >= 11 is 0. The summed E-state index contributed by atoms with van der Waals surface area (Å²) in [6.07, 6.45) is 10.8.